The average molecular weight is 388 g/mol. The minimum absolute atomic E-state index is 0.00974. The molecule has 0 N–H and O–H groups in total. The predicted octanol–water partition coefficient (Wildman–Crippen LogP) is 0.308. The molecule has 0 aliphatic heterocycles. The molecule has 10 heteroatoms. The molecule has 0 fully saturated rings. The van der Waals surface area contributed by atoms with Crippen molar-refractivity contribution < 1.29 is 19.0 Å². The van der Waals surface area contributed by atoms with E-state index in [-0.39, 0.29) is 29.9 Å². The van der Waals surface area contributed by atoms with Gasteiger partial charge < -0.3 is 18.8 Å². The molecule has 148 valence electrons. The SMILES string of the molecule is COc1cc(OC)cc(C(=O)OCCn2cnc3c2c(=O)n(C)c(=O)n3C)c1. The van der Waals surface area contributed by atoms with Crippen LogP contribution in [0.2, 0.25) is 0 Å². The third-order valence-electron chi connectivity index (χ3n) is 4.37. The van der Waals surface area contributed by atoms with Gasteiger partial charge in [0, 0.05) is 20.2 Å². The maximum absolute atomic E-state index is 12.4. The highest BCUT2D eigenvalue weighted by molar-refractivity contribution is 5.90. The molecular weight excluding hydrogens is 368 g/mol. The molecule has 0 saturated heterocycles. The molecule has 2 heterocycles. The lowest BCUT2D eigenvalue weighted by Crippen LogP contribution is -2.37. The first-order valence-electron chi connectivity index (χ1n) is 8.38. The van der Waals surface area contributed by atoms with Crippen LogP contribution in [0.15, 0.2) is 34.1 Å². The predicted molar refractivity (Wildman–Crippen MR) is 100 cm³/mol. The van der Waals surface area contributed by atoms with Crippen molar-refractivity contribution in [2.45, 2.75) is 6.54 Å². The minimum atomic E-state index is -0.554. The molecule has 3 rings (SSSR count). The van der Waals surface area contributed by atoms with E-state index in [4.69, 9.17) is 14.2 Å². The molecule has 0 aliphatic rings. The molecule has 28 heavy (non-hydrogen) atoms. The monoisotopic (exact) mass is 388 g/mol. The van der Waals surface area contributed by atoms with Gasteiger partial charge in [-0.05, 0) is 12.1 Å². The fourth-order valence-corrected chi connectivity index (χ4v) is 2.81. The maximum Gasteiger partial charge on any atom is 0.338 e. The number of aryl methyl sites for hydroxylation is 1. The number of carbonyl (C=O) groups excluding carboxylic acids is 1. The molecule has 0 aliphatic carbocycles. The van der Waals surface area contributed by atoms with Crippen LogP contribution in [0.3, 0.4) is 0 Å². The summed E-state index contributed by atoms with van der Waals surface area (Å²) in [4.78, 5) is 40.8. The molecule has 3 aromatic rings. The molecule has 10 nitrogen and oxygen atoms in total. The molecular formula is C18H20N4O6. The Morgan fingerprint density at radius 2 is 1.68 bits per heavy atom. The first-order chi connectivity index (χ1) is 13.4. The summed E-state index contributed by atoms with van der Waals surface area (Å²) in [6, 6.07) is 4.74. The quantitative estimate of drug-likeness (QED) is 0.559. The van der Waals surface area contributed by atoms with Crippen LogP contribution in [0.5, 0.6) is 11.5 Å². The number of methoxy groups -OCH3 is 2. The van der Waals surface area contributed by atoms with Crippen LogP contribution >= 0.6 is 0 Å². The van der Waals surface area contributed by atoms with Gasteiger partial charge in [-0.3, -0.25) is 13.9 Å². The van der Waals surface area contributed by atoms with Crippen LogP contribution in [0, 0.1) is 0 Å². The lowest BCUT2D eigenvalue weighted by atomic mass is 10.2. The zero-order chi connectivity index (χ0) is 20.4. The smallest absolute Gasteiger partial charge is 0.338 e. The van der Waals surface area contributed by atoms with Gasteiger partial charge in [-0.15, -0.1) is 0 Å². The molecule has 0 bridgehead atoms. The van der Waals surface area contributed by atoms with Crippen molar-refractivity contribution in [3.63, 3.8) is 0 Å². The van der Waals surface area contributed by atoms with Gasteiger partial charge in [-0.1, -0.05) is 0 Å². The Bertz CT molecular complexity index is 1140. The van der Waals surface area contributed by atoms with E-state index in [9.17, 15) is 14.4 Å². The molecule has 0 atom stereocenters. The van der Waals surface area contributed by atoms with Gasteiger partial charge in [0.1, 0.15) is 18.1 Å². The molecule has 0 radical (unpaired) electrons. The Morgan fingerprint density at radius 1 is 1.04 bits per heavy atom. The van der Waals surface area contributed by atoms with Crippen LogP contribution < -0.4 is 20.7 Å². The molecule has 0 unspecified atom stereocenters. The van der Waals surface area contributed by atoms with Crippen molar-refractivity contribution in [3.05, 3.63) is 50.9 Å². The second-order valence-electron chi connectivity index (χ2n) is 6.05. The second-order valence-corrected chi connectivity index (χ2v) is 6.05. The summed E-state index contributed by atoms with van der Waals surface area (Å²) in [5.74, 6) is 0.384. The van der Waals surface area contributed by atoms with Gasteiger partial charge in [-0.2, -0.15) is 0 Å². The van der Waals surface area contributed by atoms with Crippen LogP contribution in [0.4, 0.5) is 0 Å². The summed E-state index contributed by atoms with van der Waals surface area (Å²) in [6.45, 7) is 0.215. The van der Waals surface area contributed by atoms with E-state index < -0.39 is 17.2 Å². The van der Waals surface area contributed by atoms with E-state index in [0.29, 0.717) is 11.5 Å². The fourth-order valence-electron chi connectivity index (χ4n) is 2.81. The van der Waals surface area contributed by atoms with E-state index >= 15 is 0 Å². The number of rotatable bonds is 6. The van der Waals surface area contributed by atoms with Crippen molar-refractivity contribution in [1.82, 2.24) is 18.7 Å². The summed E-state index contributed by atoms with van der Waals surface area (Å²) in [5, 5.41) is 0. The Hall–Kier alpha value is -3.56. The highest BCUT2D eigenvalue weighted by atomic mass is 16.5. The van der Waals surface area contributed by atoms with E-state index in [0.717, 1.165) is 4.57 Å². The average Bonchev–Trinajstić information content (AvgIpc) is 3.14. The Morgan fingerprint density at radius 3 is 2.29 bits per heavy atom. The van der Waals surface area contributed by atoms with Gasteiger partial charge in [0.05, 0.1) is 32.7 Å². The summed E-state index contributed by atoms with van der Waals surface area (Å²) in [7, 11) is 5.92. The fraction of sp³-hybridized carbons (Fsp3) is 0.333. The topological polar surface area (TPSA) is 107 Å². The Labute approximate surface area is 159 Å². The third kappa shape index (κ3) is 3.36. The van der Waals surface area contributed by atoms with Crippen molar-refractivity contribution in [2.24, 2.45) is 14.1 Å². The first-order valence-corrected chi connectivity index (χ1v) is 8.38. The van der Waals surface area contributed by atoms with E-state index in [1.807, 2.05) is 0 Å². The van der Waals surface area contributed by atoms with Gasteiger partial charge in [0.15, 0.2) is 11.2 Å². The zero-order valence-electron chi connectivity index (χ0n) is 16.0. The standard InChI is InChI=1S/C18H20N4O6/c1-20-15-14(16(23)21(2)18(20)25)22(10-19-15)5-6-28-17(24)11-7-12(26-3)9-13(8-11)27-4/h7-10H,5-6H2,1-4H3. The van der Waals surface area contributed by atoms with Gasteiger partial charge in [0.25, 0.3) is 5.56 Å². The van der Waals surface area contributed by atoms with Gasteiger partial charge in [-0.25, -0.2) is 14.6 Å². The zero-order valence-corrected chi connectivity index (χ0v) is 16.0. The number of nitrogens with zero attached hydrogens (tertiary/aromatic N) is 4. The molecule has 0 spiro atoms. The molecule has 1 aromatic carbocycles. The Balaban J connectivity index is 1.78. The number of ether oxygens (including phenoxy) is 3. The molecule has 0 amide bonds. The van der Waals surface area contributed by atoms with E-state index in [2.05, 4.69) is 4.98 Å². The number of carbonyl (C=O) groups is 1. The van der Waals surface area contributed by atoms with Crippen LogP contribution in [-0.4, -0.2) is 45.5 Å². The highest BCUT2D eigenvalue weighted by Crippen LogP contribution is 2.23. The van der Waals surface area contributed by atoms with Crippen molar-refractivity contribution in [1.29, 1.82) is 0 Å². The van der Waals surface area contributed by atoms with E-state index in [1.54, 1.807) is 22.8 Å². The lowest BCUT2D eigenvalue weighted by Gasteiger charge is -2.10. The van der Waals surface area contributed by atoms with Crippen molar-refractivity contribution >= 4 is 17.1 Å². The number of hydrogen-bond donors (Lipinski definition) is 0. The summed E-state index contributed by atoms with van der Waals surface area (Å²) in [5.41, 5.74) is -0.0914. The number of hydrogen-bond acceptors (Lipinski definition) is 7. The minimum Gasteiger partial charge on any atom is -0.497 e. The number of esters is 1. The number of imidazole rings is 1. The number of aromatic nitrogens is 4. The third-order valence-corrected chi connectivity index (χ3v) is 4.37. The number of benzene rings is 1. The van der Waals surface area contributed by atoms with Crippen LogP contribution in [0.25, 0.3) is 11.2 Å². The van der Waals surface area contributed by atoms with Crippen molar-refractivity contribution in [3.8, 4) is 11.5 Å². The normalized spacial score (nSPS) is 10.9. The highest BCUT2D eigenvalue weighted by Gasteiger charge is 2.15. The number of fused-ring (bicyclic) bond motifs is 1. The summed E-state index contributed by atoms with van der Waals surface area (Å²) < 4.78 is 19.4. The van der Waals surface area contributed by atoms with Gasteiger partial charge >= 0.3 is 11.7 Å². The van der Waals surface area contributed by atoms with Crippen LogP contribution in [-0.2, 0) is 25.4 Å². The maximum atomic E-state index is 12.4. The Kier molecular flexibility index (Phi) is 5.21. The summed E-state index contributed by atoms with van der Waals surface area (Å²) in [6.07, 6.45) is 1.44. The van der Waals surface area contributed by atoms with Crippen molar-refractivity contribution in [2.75, 3.05) is 20.8 Å². The first kappa shape index (κ1) is 19.2. The largest absolute Gasteiger partial charge is 0.497 e. The molecule has 2 aromatic heterocycles. The van der Waals surface area contributed by atoms with E-state index in [1.165, 1.54) is 39.2 Å². The molecule has 0 saturated carbocycles. The van der Waals surface area contributed by atoms with Gasteiger partial charge in [0.2, 0.25) is 0 Å². The lowest BCUT2D eigenvalue weighted by molar-refractivity contribution is 0.0491. The summed E-state index contributed by atoms with van der Waals surface area (Å²) >= 11 is 0. The second kappa shape index (κ2) is 7.59. The van der Waals surface area contributed by atoms with Crippen LogP contribution in [0.1, 0.15) is 10.4 Å².